The van der Waals surface area contributed by atoms with Crippen LogP contribution in [0.15, 0.2) is 95.3 Å². The van der Waals surface area contributed by atoms with E-state index < -0.39 is 29.1 Å². The maximum absolute atomic E-state index is 16.6. The summed E-state index contributed by atoms with van der Waals surface area (Å²) in [5.74, 6) is -1.43. The monoisotopic (exact) mass is 1120 g/mol. The van der Waals surface area contributed by atoms with E-state index >= 15 is 8.78 Å². The molecule has 0 bridgehead atoms. The fraction of sp³-hybridized carbons (Fsp3) is 0.317. The number of nitrogens with zero attached hydrogens (tertiary/aromatic N) is 9. The first-order chi connectivity index (χ1) is 38.4. The zero-order valence-corrected chi connectivity index (χ0v) is 46.4. The summed E-state index contributed by atoms with van der Waals surface area (Å²) in [6, 6.07) is 15.5. The molecule has 0 aliphatic carbocycles. The number of carbonyl (C=O) groups is 1. The average molecular weight is 1130 g/mol. The lowest BCUT2D eigenvalue weighted by atomic mass is 9.99. The van der Waals surface area contributed by atoms with Gasteiger partial charge in [-0.15, -0.1) is 0 Å². The Labute approximate surface area is 469 Å². The Bertz CT molecular complexity index is 3960. The number of aromatic hydroxyl groups is 2. The van der Waals surface area contributed by atoms with Crippen molar-refractivity contribution in [2.45, 2.75) is 84.7 Å². The highest BCUT2D eigenvalue weighted by atomic mass is 35.5. The minimum atomic E-state index is -0.745. The van der Waals surface area contributed by atoms with Gasteiger partial charge in [0.1, 0.15) is 36.3 Å². The van der Waals surface area contributed by atoms with E-state index in [1.165, 1.54) is 33.4 Å². The number of carbonyl (C=O) groups excluding carboxylic acids is 1. The smallest absolute Gasteiger partial charge is 0.354 e. The van der Waals surface area contributed by atoms with Crippen molar-refractivity contribution in [3.05, 3.63) is 151 Å². The molecule has 2 N–H and O–H groups in total. The Hall–Kier alpha value is -8.09. The SMILES string of the molecule is C=CC(=O)N1CCN2c3nc(=O)n(-c4c(C)ccnc4C(C)C)c4cc(-c5c(O)cccc5Cl)c(F)c(c34)OC[C@H]2C1.Cc1ccnc(C(C)C)c1-n1c(=O)nc2c3c(c(F)c(-c4c(O)cccc4Cl)cc31)OC[C@H]1CCCCN21. The number of fused-ring (bicyclic) bond motifs is 4. The number of hydrogen-bond donors (Lipinski definition) is 2. The van der Waals surface area contributed by atoms with Crippen LogP contribution in [-0.4, -0.2) is 102 Å². The standard InChI is InChI=1S/C31H29ClFN5O4.C29H28ClFN4O3/c1-5-23(40)36-11-12-37-18(14-36)15-42-29-25-21(13-19(26(29)33)24-20(32)7-6-8-22(24)39)38(31(41)35-30(25)37)28-17(4)9-10-34-27(28)16(2)3;1-15(2)25-26(16(3)10-11-32-25)35-20-13-18(22-19(30)8-6-9-21(22)36)24(31)27-23(20)28(33-29(35)37)34-12-5-4-7-17(34)14-38-27/h5-10,13,16,18,39H,1,11-12,14-15H2,2-4H3;6,8-11,13,15,17,36H,4-5,7,12,14H2,1-3H3/t18-;17-/m11/s1. The lowest BCUT2D eigenvalue weighted by molar-refractivity contribution is -0.126. The molecule has 2 saturated heterocycles. The van der Waals surface area contributed by atoms with Crippen molar-refractivity contribution in [2.24, 2.45) is 0 Å². The zero-order valence-electron chi connectivity index (χ0n) is 44.9. The number of piperazine rings is 1. The first-order valence-electron chi connectivity index (χ1n) is 26.6. The van der Waals surface area contributed by atoms with E-state index in [4.69, 9.17) is 32.7 Å². The highest BCUT2D eigenvalue weighted by Crippen LogP contribution is 2.49. The number of halogens is 4. The number of anilines is 2. The van der Waals surface area contributed by atoms with E-state index in [0.717, 1.165) is 36.1 Å². The molecular weight excluding hydrogens is 1070 g/mol. The molecule has 0 spiro atoms. The molecule has 80 heavy (non-hydrogen) atoms. The maximum Gasteiger partial charge on any atom is 0.354 e. The number of phenolic OH excluding ortho intramolecular Hbond substituents is 2. The molecular formula is C60H57Cl2F2N9O7. The van der Waals surface area contributed by atoms with Crippen molar-refractivity contribution in [3.8, 4) is 56.6 Å². The second kappa shape index (κ2) is 21.2. The van der Waals surface area contributed by atoms with Gasteiger partial charge in [0.25, 0.3) is 0 Å². The summed E-state index contributed by atoms with van der Waals surface area (Å²) in [6.07, 6.45) is 7.49. The van der Waals surface area contributed by atoms with Crippen LogP contribution >= 0.6 is 23.2 Å². The van der Waals surface area contributed by atoms with E-state index in [0.29, 0.717) is 64.3 Å². The van der Waals surface area contributed by atoms with Gasteiger partial charge < -0.3 is 34.4 Å². The van der Waals surface area contributed by atoms with Gasteiger partial charge in [0.2, 0.25) is 5.91 Å². The van der Waals surface area contributed by atoms with Crippen molar-refractivity contribution in [1.82, 2.24) is 34.0 Å². The summed E-state index contributed by atoms with van der Waals surface area (Å²) in [7, 11) is 0. The second-order valence-electron chi connectivity index (χ2n) is 21.1. The van der Waals surface area contributed by atoms with E-state index in [-0.39, 0.29) is 105 Å². The minimum absolute atomic E-state index is 0.00936. The third-order valence-electron chi connectivity index (χ3n) is 15.5. The highest BCUT2D eigenvalue weighted by Gasteiger charge is 2.39. The number of pyridine rings is 2. The topological polar surface area (TPSA) is 181 Å². The van der Waals surface area contributed by atoms with Crippen LogP contribution < -0.4 is 30.7 Å². The number of phenols is 2. The summed E-state index contributed by atoms with van der Waals surface area (Å²) >= 11 is 13.0. The zero-order chi connectivity index (χ0) is 56.6. The number of rotatable bonds is 7. The summed E-state index contributed by atoms with van der Waals surface area (Å²) in [5, 5.41) is 22.5. The summed E-state index contributed by atoms with van der Waals surface area (Å²) in [6.45, 7) is 17.3. The van der Waals surface area contributed by atoms with Gasteiger partial charge >= 0.3 is 11.4 Å². The van der Waals surface area contributed by atoms with Gasteiger partial charge in [0.05, 0.1) is 66.7 Å². The molecule has 20 heteroatoms. The molecule has 16 nitrogen and oxygen atoms in total. The molecule has 0 saturated carbocycles. The van der Waals surface area contributed by atoms with E-state index in [1.54, 1.807) is 53.7 Å². The van der Waals surface area contributed by atoms with Crippen LogP contribution in [0.1, 0.15) is 81.3 Å². The Morgan fingerprint density at radius 2 is 1.18 bits per heavy atom. The average Bonchev–Trinajstić information content (AvgIpc) is 3.85. The van der Waals surface area contributed by atoms with Crippen LogP contribution in [0.5, 0.6) is 23.0 Å². The van der Waals surface area contributed by atoms with Gasteiger partial charge in [0, 0.05) is 60.8 Å². The minimum Gasteiger partial charge on any atom is -0.507 e. The van der Waals surface area contributed by atoms with Crippen LogP contribution in [0.25, 0.3) is 55.4 Å². The molecule has 4 aliphatic heterocycles. The van der Waals surface area contributed by atoms with E-state index in [1.807, 2.05) is 52.5 Å². The third kappa shape index (κ3) is 9.01. The van der Waals surface area contributed by atoms with Crippen molar-refractivity contribution < 1.29 is 33.3 Å². The van der Waals surface area contributed by atoms with Crippen LogP contribution in [0.4, 0.5) is 20.4 Å². The normalized spacial score (nSPS) is 16.6. The van der Waals surface area contributed by atoms with Gasteiger partial charge in [-0.3, -0.25) is 23.9 Å². The Balaban J connectivity index is 0.000000170. The van der Waals surface area contributed by atoms with Crippen molar-refractivity contribution >= 4 is 62.6 Å². The Morgan fingerprint density at radius 1 is 0.700 bits per heavy atom. The molecule has 0 radical (unpaired) electrons. The molecule has 4 aliphatic rings. The summed E-state index contributed by atoms with van der Waals surface area (Å²) < 4.78 is 48.3. The maximum atomic E-state index is 16.6. The van der Waals surface area contributed by atoms with Crippen LogP contribution in [-0.2, 0) is 4.79 Å². The number of piperidine rings is 1. The van der Waals surface area contributed by atoms with E-state index in [2.05, 4.69) is 31.4 Å². The molecule has 4 aromatic heterocycles. The molecule has 2 fully saturated rings. The van der Waals surface area contributed by atoms with Gasteiger partial charge in [-0.1, -0.05) is 69.6 Å². The summed E-state index contributed by atoms with van der Waals surface area (Å²) in [4.78, 5) is 64.3. The molecule has 8 heterocycles. The fourth-order valence-electron chi connectivity index (χ4n) is 11.7. The molecule has 0 unspecified atom stereocenters. The fourth-order valence-corrected chi connectivity index (χ4v) is 12.2. The molecule has 412 valence electrons. The molecule has 4 aromatic carbocycles. The van der Waals surface area contributed by atoms with Crippen molar-refractivity contribution in [1.29, 1.82) is 0 Å². The van der Waals surface area contributed by atoms with Crippen LogP contribution in [0, 0.1) is 25.5 Å². The third-order valence-corrected chi connectivity index (χ3v) is 16.1. The van der Waals surface area contributed by atoms with Gasteiger partial charge in [-0.05, 0) is 111 Å². The first-order valence-corrected chi connectivity index (χ1v) is 27.3. The quantitative estimate of drug-likeness (QED) is 0.144. The molecule has 12 rings (SSSR count). The summed E-state index contributed by atoms with van der Waals surface area (Å²) in [5.41, 5.74) is 4.11. The Morgan fingerprint density at radius 3 is 1.64 bits per heavy atom. The van der Waals surface area contributed by atoms with Gasteiger partial charge in [-0.25, -0.2) is 18.4 Å². The molecule has 2 atom stereocenters. The molecule has 8 aromatic rings. The number of benzene rings is 4. The van der Waals surface area contributed by atoms with Crippen molar-refractivity contribution in [2.75, 3.05) is 49.2 Å². The van der Waals surface area contributed by atoms with Crippen LogP contribution in [0.3, 0.4) is 0 Å². The van der Waals surface area contributed by atoms with Crippen LogP contribution in [0.2, 0.25) is 10.0 Å². The van der Waals surface area contributed by atoms with Gasteiger partial charge in [0.15, 0.2) is 23.1 Å². The number of amides is 1. The second-order valence-corrected chi connectivity index (χ2v) is 21.9. The predicted octanol–water partition coefficient (Wildman–Crippen LogP) is 11.1. The first kappa shape index (κ1) is 53.9. The van der Waals surface area contributed by atoms with Gasteiger partial charge in [-0.2, -0.15) is 9.97 Å². The lowest BCUT2D eigenvalue weighted by Crippen LogP contribution is -2.56. The molecule has 1 amide bonds. The highest BCUT2D eigenvalue weighted by molar-refractivity contribution is 6.34. The number of ether oxygens (including phenoxy) is 2. The largest absolute Gasteiger partial charge is 0.507 e. The predicted molar refractivity (Wildman–Crippen MR) is 306 cm³/mol. The number of aryl methyl sites for hydroxylation is 2. The number of hydrogen-bond acceptors (Lipinski definition) is 13. The number of aromatic nitrogens is 6. The van der Waals surface area contributed by atoms with Crippen molar-refractivity contribution in [3.63, 3.8) is 0 Å². The Kier molecular flexibility index (Phi) is 14.3. The van der Waals surface area contributed by atoms with E-state index in [9.17, 15) is 24.6 Å². The lowest BCUT2D eigenvalue weighted by Gasteiger charge is -2.40.